The number of aromatic hydroxyl groups is 1. The van der Waals surface area contributed by atoms with Crippen molar-refractivity contribution in [2.75, 3.05) is 0 Å². The van der Waals surface area contributed by atoms with Crippen molar-refractivity contribution >= 4 is 27.1 Å². The molecule has 6 aromatic rings. The molecule has 6 rings (SSSR count). The van der Waals surface area contributed by atoms with Gasteiger partial charge in [-0.05, 0) is 80.7 Å². The van der Waals surface area contributed by atoms with E-state index < -0.39 is 16.3 Å². The number of hydrogen-bond donors (Lipinski definition) is 1. The van der Waals surface area contributed by atoms with Crippen molar-refractivity contribution < 1.29 is 14.1 Å². The van der Waals surface area contributed by atoms with Crippen LogP contribution in [0.5, 0.6) is 5.75 Å². The monoisotopic (exact) mass is 526 g/mol. The molecule has 0 bridgehead atoms. The maximum atomic E-state index is 13.7. The van der Waals surface area contributed by atoms with E-state index in [0.29, 0.717) is 0 Å². The second-order valence-corrected chi connectivity index (χ2v) is 11.8. The third-order valence-corrected chi connectivity index (χ3v) is 9.97. The van der Waals surface area contributed by atoms with Crippen molar-refractivity contribution in [1.82, 2.24) is 0 Å². The van der Waals surface area contributed by atoms with Gasteiger partial charge in [-0.1, -0.05) is 103 Å². The van der Waals surface area contributed by atoms with Gasteiger partial charge >= 0.3 is 5.97 Å². The number of benzene rings is 6. The molecular weight excluding hydrogens is 500 g/mol. The molecule has 6 aromatic carbocycles. The summed E-state index contributed by atoms with van der Waals surface area (Å²) in [5.41, 5.74) is 2.36. The summed E-state index contributed by atoms with van der Waals surface area (Å²) in [5.74, 6) is -0.683. The van der Waals surface area contributed by atoms with Gasteiger partial charge in [-0.3, -0.25) is 0 Å². The van der Waals surface area contributed by atoms with E-state index in [2.05, 4.69) is 60.7 Å². The number of hydrogen-bond acceptors (Lipinski definition) is 3. The normalized spacial score (nSPS) is 11.7. The SMILES string of the molecule is O=C(OS(c1ccccc1)(c1ccccc1)c1ccc(-c2cccc3ccccc23)cc1)c1ccccc1O. The van der Waals surface area contributed by atoms with Crippen LogP contribution >= 0.6 is 10.3 Å². The summed E-state index contributed by atoms with van der Waals surface area (Å²) in [7, 11) is -2.50. The van der Waals surface area contributed by atoms with Crippen LogP contribution in [0.3, 0.4) is 0 Å². The zero-order valence-corrected chi connectivity index (χ0v) is 21.9. The minimum Gasteiger partial charge on any atom is -0.507 e. The van der Waals surface area contributed by atoms with E-state index >= 15 is 0 Å². The topological polar surface area (TPSA) is 46.5 Å². The fraction of sp³-hybridized carbons (Fsp3) is 0. The van der Waals surface area contributed by atoms with Gasteiger partial charge in [0.25, 0.3) is 0 Å². The lowest BCUT2D eigenvalue weighted by Gasteiger charge is -2.39. The van der Waals surface area contributed by atoms with E-state index in [1.54, 1.807) is 18.2 Å². The molecule has 0 aliphatic carbocycles. The van der Waals surface area contributed by atoms with Crippen LogP contribution in [-0.2, 0) is 4.18 Å². The number of phenols is 1. The number of para-hydroxylation sites is 1. The summed E-state index contributed by atoms with van der Waals surface area (Å²) < 4.78 is 6.56. The second kappa shape index (κ2) is 10.5. The van der Waals surface area contributed by atoms with Crippen LogP contribution in [0.2, 0.25) is 0 Å². The van der Waals surface area contributed by atoms with Crippen LogP contribution in [0.1, 0.15) is 10.4 Å². The fourth-order valence-electron chi connectivity index (χ4n) is 4.88. The second-order valence-electron chi connectivity index (χ2n) is 9.12. The Bertz CT molecular complexity index is 1700. The van der Waals surface area contributed by atoms with Gasteiger partial charge in [0, 0.05) is 14.7 Å². The van der Waals surface area contributed by atoms with Crippen LogP contribution in [0.15, 0.2) is 166 Å². The summed E-state index contributed by atoms with van der Waals surface area (Å²) in [4.78, 5) is 16.3. The molecule has 39 heavy (non-hydrogen) atoms. The van der Waals surface area contributed by atoms with Crippen LogP contribution in [-0.4, -0.2) is 11.1 Å². The Kier molecular flexibility index (Phi) is 6.62. The molecule has 3 nitrogen and oxygen atoms in total. The van der Waals surface area contributed by atoms with E-state index in [1.807, 2.05) is 66.7 Å². The Morgan fingerprint density at radius 3 is 1.74 bits per heavy atom. The van der Waals surface area contributed by atoms with Crippen molar-refractivity contribution in [2.24, 2.45) is 0 Å². The van der Waals surface area contributed by atoms with Crippen LogP contribution < -0.4 is 0 Å². The minimum atomic E-state index is -2.50. The highest BCUT2D eigenvalue weighted by Gasteiger charge is 2.36. The van der Waals surface area contributed by atoms with Gasteiger partial charge in [-0.2, -0.15) is 0 Å². The van der Waals surface area contributed by atoms with Gasteiger partial charge in [-0.15, -0.1) is 0 Å². The molecule has 1 N–H and O–H groups in total. The lowest BCUT2D eigenvalue weighted by molar-refractivity contribution is 0.0754. The van der Waals surface area contributed by atoms with E-state index in [1.165, 1.54) is 16.8 Å². The zero-order chi connectivity index (χ0) is 26.7. The molecule has 0 heterocycles. The van der Waals surface area contributed by atoms with E-state index in [-0.39, 0.29) is 11.3 Å². The van der Waals surface area contributed by atoms with Crippen molar-refractivity contribution in [3.05, 3.63) is 157 Å². The molecule has 0 saturated carbocycles. The first-order chi connectivity index (χ1) is 19.2. The average Bonchev–Trinajstić information content (AvgIpc) is 3.01. The molecule has 0 amide bonds. The first-order valence-electron chi connectivity index (χ1n) is 12.7. The van der Waals surface area contributed by atoms with Crippen molar-refractivity contribution in [3.8, 4) is 16.9 Å². The molecule has 0 unspecified atom stereocenters. The average molecular weight is 527 g/mol. The van der Waals surface area contributed by atoms with E-state index in [0.717, 1.165) is 25.8 Å². The summed E-state index contributed by atoms with van der Waals surface area (Å²) in [6.45, 7) is 0. The molecule has 4 heteroatoms. The highest BCUT2D eigenvalue weighted by Crippen LogP contribution is 2.69. The maximum absolute atomic E-state index is 13.7. The van der Waals surface area contributed by atoms with Crippen LogP contribution in [0.4, 0.5) is 0 Å². The summed E-state index contributed by atoms with van der Waals surface area (Å²) in [5, 5.41) is 12.8. The number of fused-ring (bicyclic) bond motifs is 1. The Morgan fingerprint density at radius 1 is 0.538 bits per heavy atom. The lowest BCUT2D eigenvalue weighted by atomic mass is 9.98. The molecule has 0 aromatic heterocycles. The lowest BCUT2D eigenvalue weighted by Crippen LogP contribution is -2.14. The standard InChI is InChI=1S/C35H26O3S/c36-34-21-10-9-19-33(34)35(37)38-39(28-14-3-1-4-15-28,29-16-5-2-6-17-29)30-24-22-27(23-25-30)32-20-11-13-26-12-7-8-18-31(26)32/h1-25,36H. The molecule has 0 aliphatic heterocycles. The van der Waals surface area contributed by atoms with Gasteiger partial charge in [0.15, 0.2) is 0 Å². The largest absolute Gasteiger partial charge is 0.507 e. The Balaban J connectivity index is 1.54. The van der Waals surface area contributed by atoms with Crippen LogP contribution in [0.25, 0.3) is 21.9 Å². The molecule has 0 radical (unpaired) electrons. The number of rotatable bonds is 6. The zero-order valence-electron chi connectivity index (χ0n) is 21.1. The molecule has 0 fully saturated rings. The highest BCUT2D eigenvalue weighted by molar-refractivity contribution is 8.30. The molecular formula is C35H26O3S. The van der Waals surface area contributed by atoms with E-state index in [9.17, 15) is 9.90 Å². The molecule has 0 atom stereocenters. The van der Waals surface area contributed by atoms with Gasteiger partial charge in [-0.25, -0.2) is 4.79 Å². The highest BCUT2D eigenvalue weighted by atomic mass is 32.3. The van der Waals surface area contributed by atoms with Crippen molar-refractivity contribution in [1.29, 1.82) is 0 Å². The van der Waals surface area contributed by atoms with E-state index in [4.69, 9.17) is 4.18 Å². The summed E-state index contributed by atoms with van der Waals surface area (Å²) in [6, 6.07) is 49.2. The van der Waals surface area contributed by atoms with Gasteiger partial charge < -0.3 is 9.29 Å². The van der Waals surface area contributed by atoms with Crippen molar-refractivity contribution in [3.63, 3.8) is 0 Å². The van der Waals surface area contributed by atoms with Crippen LogP contribution in [0, 0.1) is 0 Å². The summed E-state index contributed by atoms with van der Waals surface area (Å²) in [6.07, 6.45) is 0. The Morgan fingerprint density at radius 2 is 1.08 bits per heavy atom. The van der Waals surface area contributed by atoms with Crippen molar-refractivity contribution in [2.45, 2.75) is 14.7 Å². The predicted molar refractivity (Wildman–Crippen MR) is 158 cm³/mol. The van der Waals surface area contributed by atoms with Gasteiger partial charge in [0.1, 0.15) is 11.3 Å². The minimum absolute atomic E-state index is 0.108. The molecule has 0 spiro atoms. The number of carbonyl (C=O) groups excluding carboxylic acids is 1. The molecule has 0 aliphatic rings. The first-order valence-corrected chi connectivity index (χ1v) is 14.3. The third-order valence-electron chi connectivity index (χ3n) is 6.76. The fourth-order valence-corrected chi connectivity index (χ4v) is 7.91. The Labute approximate surface area is 229 Å². The molecule has 0 saturated heterocycles. The smallest absolute Gasteiger partial charge is 0.353 e. The summed E-state index contributed by atoms with van der Waals surface area (Å²) >= 11 is 0. The quantitative estimate of drug-likeness (QED) is 0.235. The Hall–Kier alpha value is -4.80. The van der Waals surface area contributed by atoms with Gasteiger partial charge in [0.05, 0.1) is 0 Å². The third kappa shape index (κ3) is 4.56. The van der Waals surface area contributed by atoms with Gasteiger partial charge in [0.2, 0.25) is 0 Å². The predicted octanol–water partition coefficient (Wildman–Crippen LogP) is 9.27. The maximum Gasteiger partial charge on any atom is 0.353 e. The number of phenolic OH excluding ortho intramolecular Hbond substituents is 1. The first kappa shape index (κ1) is 24.5. The molecule has 190 valence electrons. The number of carbonyl (C=O) groups is 1.